The molecule has 1 fully saturated rings. The molecule has 1 saturated carbocycles. The summed E-state index contributed by atoms with van der Waals surface area (Å²) >= 11 is 1.56. The molecule has 0 aliphatic heterocycles. The van der Waals surface area contributed by atoms with Gasteiger partial charge < -0.3 is 5.32 Å². The second kappa shape index (κ2) is 3.41. The second-order valence-electron chi connectivity index (χ2n) is 3.16. The standard InChI is InChI=1S/C8H11N3OS/c1-9-6(12)4-7-10-11-8(13-7)5-2-3-5/h5H,2-4H2,1H3,(H,9,12). The average molecular weight is 197 g/mol. The van der Waals surface area contributed by atoms with Crippen molar-refractivity contribution in [3.8, 4) is 0 Å². The van der Waals surface area contributed by atoms with Crippen LogP contribution in [0.15, 0.2) is 0 Å². The van der Waals surface area contributed by atoms with Crippen molar-refractivity contribution in [3.63, 3.8) is 0 Å². The molecule has 0 spiro atoms. The van der Waals surface area contributed by atoms with Gasteiger partial charge in [-0.1, -0.05) is 0 Å². The van der Waals surface area contributed by atoms with Gasteiger partial charge in [0, 0.05) is 13.0 Å². The summed E-state index contributed by atoms with van der Waals surface area (Å²) in [6, 6.07) is 0. The van der Waals surface area contributed by atoms with E-state index in [2.05, 4.69) is 15.5 Å². The zero-order valence-corrected chi connectivity index (χ0v) is 8.23. The first-order chi connectivity index (χ1) is 6.29. The zero-order chi connectivity index (χ0) is 9.26. The van der Waals surface area contributed by atoms with E-state index in [0.717, 1.165) is 10.0 Å². The van der Waals surface area contributed by atoms with Crippen molar-refractivity contribution in [2.24, 2.45) is 0 Å². The van der Waals surface area contributed by atoms with Gasteiger partial charge in [-0.15, -0.1) is 21.5 Å². The Hall–Kier alpha value is -0.970. The van der Waals surface area contributed by atoms with Crippen LogP contribution >= 0.6 is 11.3 Å². The van der Waals surface area contributed by atoms with Crippen molar-refractivity contribution in [2.75, 3.05) is 7.05 Å². The van der Waals surface area contributed by atoms with Crippen LogP contribution in [0.1, 0.15) is 28.8 Å². The highest BCUT2D eigenvalue weighted by Crippen LogP contribution is 2.41. The molecular formula is C8H11N3OS. The Balaban J connectivity index is 2.00. The summed E-state index contributed by atoms with van der Waals surface area (Å²) < 4.78 is 0. The summed E-state index contributed by atoms with van der Waals surface area (Å²) in [5.74, 6) is 0.634. The van der Waals surface area contributed by atoms with Crippen molar-refractivity contribution >= 4 is 17.2 Å². The number of aromatic nitrogens is 2. The fraction of sp³-hybridized carbons (Fsp3) is 0.625. The first kappa shape index (κ1) is 8.62. The number of carbonyl (C=O) groups is 1. The number of carbonyl (C=O) groups excluding carboxylic acids is 1. The Morgan fingerprint density at radius 3 is 3.00 bits per heavy atom. The van der Waals surface area contributed by atoms with Crippen LogP contribution in [0.5, 0.6) is 0 Å². The Bertz CT molecular complexity index is 319. The van der Waals surface area contributed by atoms with Crippen molar-refractivity contribution in [2.45, 2.75) is 25.2 Å². The van der Waals surface area contributed by atoms with Crippen LogP contribution in [0.4, 0.5) is 0 Å². The molecule has 2 rings (SSSR count). The topological polar surface area (TPSA) is 54.9 Å². The molecule has 13 heavy (non-hydrogen) atoms. The molecule has 0 saturated heterocycles. The van der Waals surface area contributed by atoms with Crippen LogP contribution in [0.25, 0.3) is 0 Å². The normalized spacial score (nSPS) is 15.8. The summed E-state index contributed by atoms with van der Waals surface area (Å²) in [6.45, 7) is 0. The van der Waals surface area contributed by atoms with Crippen LogP contribution in [-0.2, 0) is 11.2 Å². The maximum Gasteiger partial charge on any atom is 0.226 e. The minimum absolute atomic E-state index is 0.00139. The first-order valence-corrected chi connectivity index (χ1v) is 5.14. The first-order valence-electron chi connectivity index (χ1n) is 4.32. The molecule has 1 aliphatic rings. The lowest BCUT2D eigenvalue weighted by atomic mass is 10.4. The third-order valence-electron chi connectivity index (χ3n) is 2.00. The number of hydrogen-bond donors (Lipinski definition) is 1. The maximum atomic E-state index is 11.0. The number of hydrogen-bond acceptors (Lipinski definition) is 4. The molecule has 1 amide bonds. The lowest BCUT2D eigenvalue weighted by Gasteiger charge is -1.92. The van der Waals surface area contributed by atoms with Crippen LogP contribution in [0, 0.1) is 0 Å². The number of amides is 1. The maximum absolute atomic E-state index is 11.0. The molecule has 70 valence electrons. The van der Waals surface area contributed by atoms with E-state index in [1.165, 1.54) is 12.8 Å². The van der Waals surface area contributed by atoms with Gasteiger partial charge >= 0.3 is 0 Å². The number of nitrogens with one attached hydrogen (secondary N) is 1. The third kappa shape index (κ3) is 2.03. The largest absolute Gasteiger partial charge is 0.359 e. The smallest absolute Gasteiger partial charge is 0.226 e. The molecule has 0 radical (unpaired) electrons. The molecule has 1 aromatic rings. The minimum atomic E-state index is -0.00139. The molecule has 4 nitrogen and oxygen atoms in total. The summed E-state index contributed by atoms with van der Waals surface area (Å²) in [7, 11) is 1.63. The average Bonchev–Trinajstić information content (AvgIpc) is 2.88. The van der Waals surface area contributed by atoms with E-state index in [0.29, 0.717) is 12.3 Å². The number of rotatable bonds is 3. The monoisotopic (exact) mass is 197 g/mol. The van der Waals surface area contributed by atoms with Gasteiger partial charge in [-0.2, -0.15) is 0 Å². The van der Waals surface area contributed by atoms with Crippen molar-refractivity contribution < 1.29 is 4.79 Å². The van der Waals surface area contributed by atoms with Gasteiger partial charge in [0.15, 0.2) is 0 Å². The van der Waals surface area contributed by atoms with E-state index in [1.54, 1.807) is 18.4 Å². The molecule has 1 aliphatic carbocycles. The third-order valence-corrected chi connectivity index (χ3v) is 3.09. The summed E-state index contributed by atoms with van der Waals surface area (Å²) in [6.07, 6.45) is 2.82. The van der Waals surface area contributed by atoms with Gasteiger partial charge in [-0.25, -0.2) is 0 Å². The zero-order valence-electron chi connectivity index (χ0n) is 7.41. The molecule has 1 aromatic heterocycles. The fourth-order valence-corrected chi connectivity index (χ4v) is 2.07. The van der Waals surface area contributed by atoms with Gasteiger partial charge in [0.25, 0.3) is 0 Å². The highest BCUT2D eigenvalue weighted by Gasteiger charge is 2.27. The lowest BCUT2D eigenvalue weighted by molar-refractivity contribution is -0.119. The molecule has 0 bridgehead atoms. The van der Waals surface area contributed by atoms with Gasteiger partial charge in [-0.05, 0) is 12.8 Å². The number of nitrogens with zero attached hydrogens (tertiary/aromatic N) is 2. The molecule has 0 atom stereocenters. The quantitative estimate of drug-likeness (QED) is 0.776. The minimum Gasteiger partial charge on any atom is -0.359 e. The van der Waals surface area contributed by atoms with E-state index in [1.807, 2.05) is 0 Å². The van der Waals surface area contributed by atoms with E-state index in [9.17, 15) is 4.79 Å². The molecular weight excluding hydrogens is 186 g/mol. The van der Waals surface area contributed by atoms with Gasteiger partial charge in [0.2, 0.25) is 5.91 Å². The molecule has 5 heteroatoms. The van der Waals surface area contributed by atoms with E-state index >= 15 is 0 Å². The lowest BCUT2D eigenvalue weighted by Crippen LogP contribution is -2.19. The molecule has 0 aromatic carbocycles. The number of likely N-dealkylation sites (N-methyl/N-ethyl adjacent to an activating group) is 1. The Morgan fingerprint density at radius 1 is 1.62 bits per heavy atom. The van der Waals surface area contributed by atoms with Crippen LogP contribution < -0.4 is 5.32 Å². The van der Waals surface area contributed by atoms with Crippen LogP contribution in [0.2, 0.25) is 0 Å². The highest BCUT2D eigenvalue weighted by molar-refractivity contribution is 7.11. The molecule has 1 N–H and O–H groups in total. The predicted molar refractivity (Wildman–Crippen MR) is 49.7 cm³/mol. The summed E-state index contributed by atoms with van der Waals surface area (Å²) in [5.41, 5.74) is 0. The Kier molecular flexibility index (Phi) is 2.26. The molecule has 1 heterocycles. The Morgan fingerprint density at radius 2 is 2.38 bits per heavy atom. The van der Waals surface area contributed by atoms with E-state index < -0.39 is 0 Å². The van der Waals surface area contributed by atoms with Gasteiger partial charge in [-0.3, -0.25) is 4.79 Å². The van der Waals surface area contributed by atoms with Crippen molar-refractivity contribution in [1.29, 1.82) is 0 Å². The van der Waals surface area contributed by atoms with Crippen molar-refractivity contribution in [1.82, 2.24) is 15.5 Å². The summed E-state index contributed by atoms with van der Waals surface area (Å²) in [4.78, 5) is 11.0. The van der Waals surface area contributed by atoms with Crippen LogP contribution in [-0.4, -0.2) is 23.2 Å². The van der Waals surface area contributed by atoms with Crippen LogP contribution in [0.3, 0.4) is 0 Å². The van der Waals surface area contributed by atoms with Gasteiger partial charge in [0.05, 0.1) is 6.42 Å². The highest BCUT2D eigenvalue weighted by atomic mass is 32.1. The van der Waals surface area contributed by atoms with Crippen molar-refractivity contribution in [3.05, 3.63) is 10.0 Å². The summed E-state index contributed by atoms with van der Waals surface area (Å²) in [5, 5.41) is 12.5. The molecule has 0 unspecified atom stereocenters. The SMILES string of the molecule is CNC(=O)Cc1nnc(C2CC2)s1. The van der Waals surface area contributed by atoms with E-state index in [-0.39, 0.29) is 5.91 Å². The van der Waals surface area contributed by atoms with Gasteiger partial charge in [0.1, 0.15) is 10.0 Å². The Labute approximate surface area is 80.4 Å². The second-order valence-corrected chi connectivity index (χ2v) is 4.25. The fourth-order valence-electron chi connectivity index (χ4n) is 1.06. The predicted octanol–water partition coefficient (Wildman–Crippen LogP) is 0.704. The van der Waals surface area contributed by atoms with E-state index in [4.69, 9.17) is 0 Å².